The zero-order valence-corrected chi connectivity index (χ0v) is 26.2. The molecule has 1 aliphatic heterocycles. The maximum absolute atomic E-state index is 13.9. The van der Waals surface area contributed by atoms with Crippen LogP contribution in [0.5, 0.6) is 11.5 Å². The Labute approximate surface area is 256 Å². The van der Waals surface area contributed by atoms with Crippen LogP contribution in [-0.2, 0) is 21.5 Å². The summed E-state index contributed by atoms with van der Waals surface area (Å²) in [4.78, 5) is 33.2. The van der Waals surface area contributed by atoms with E-state index in [1.54, 1.807) is 25.3 Å². The normalized spacial score (nSPS) is 15.1. The molecule has 2 aromatic heterocycles. The van der Waals surface area contributed by atoms with Gasteiger partial charge in [0.25, 0.3) is 0 Å². The molecule has 0 spiro atoms. The fourth-order valence-corrected chi connectivity index (χ4v) is 6.37. The molecule has 0 bridgehead atoms. The number of ether oxygens (including phenoxy) is 2. The minimum Gasteiger partial charge on any atom is -0.493 e. The van der Waals surface area contributed by atoms with Crippen molar-refractivity contribution >= 4 is 29.4 Å². The van der Waals surface area contributed by atoms with E-state index in [0.29, 0.717) is 17.3 Å². The predicted molar refractivity (Wildman–Crippen MR) is 169 cm³/mol. The van der Waals surface area contributed by atoms with Gasteiger partial charge in [-0.3, -0.25) is 19.5 Å². The standard InChI is InChI=1S/C33H37N5O4S/c1-21-10-9-12-24(16-21)38-32-29(31(36-38)33(2,3)4)30(22-13-14-25(41-5)26(17-22)42-6)43-20-28(40)37(32)19-27(39)35-18-23-11-7-8-15-34-23/h7-17,30H,18-20H2,1-6H3,(H,35,39). The second kappa shape index (κ2) is 12.5. The first-order chi connectivity index (χ1) is 20.6. The molecule has 5 rings (SSSR count). The second-order valence-corrected chi connectivity index (χ2v) is 12.6. The van der Waals surface area contributed by atoms with E-state index in [9.17, 15) is 9.59 Å². The number of nitrogens with one attached hydrogen (secondary N) is 1. The fraction of sp³-hybridized carbons (Fsp3) is 0.333. The third-order valence-corrected chi connectivity index (χ3v) is 8.51. The second-order valence-electron chi connectivity index (χ2n) is 11.5. The van der Waals surface area contributed by atoms with Crippen molar-refractivity contribution in [3.8, 4) is 17.2 Å². The van der Waals surface area contributed by atoms with Gasteiger partial charge < -0.3 is 14.8 Å². The van der Waals surface area contributed by atoms with Gasteiger partial charge in [0.1, 0.15) is 12.4 Å². The number of nitrogens with zero attached hydrogens (tertiary/aromatic N) is 4. The van der Waals surface area contributed by atoms with Gasteiger partial charge in [-0.05, 0) is 54.4 Å². The Kier molecular flexibility index (Phi) is 8.77. The number of hydrogen-bond donors (Lipinski definition) is 1. The fourth-order valence-electron chi connectivity index (χ4n) is 5.18. The van der Waals surface area contributed by atoms with Gasteiger partial charge in [0.05, 0.1) is 48.8 Å². The summed E-state index contributed by atoms with van der Waals surface area (Å²) in [5.41, 5.74) is 4.95. The van der Waals surface area contributed by atoms with E-state index in [1.807, 2.05) is 72.3 Å². The Morgan fingerprint density at radius 2 is 1.84 bits per heavy atom. The first kappa shape index (κ1) is 30.2. The van der Waals surface area contributed by atoms with E-state index in [0.717, 1.165) is 33.8 Å². The molecule has 0 fully saturated rings. The highest BCUT2D eigenvalue weighted by Crippen LogP contribution is 2.49. The van der Waals surface area contributed by atoms with Crippen molar-refractivity contribution < 1.29 is 19.1 Å². The van der Waals surface area contributed by atoms with Gasteiger partial charge in [-0.1, -0.05) is 45.0 Å². The summed E-state index contributed by atoms with van der Waals surface area (Å²) < 4.78 is 13.0. The van der Waals surface area contributed by atoms with Gasteiger partial charge in [0.15, 0.2) is 11.5 Å². The zero-order valence-electron chi connectivity index (χ0n) is 25.4. The Hall–Kier alpha value is -4.31. The molecule has 4 aromatic rings. The molecule has 1 unspecified atom stereocenters. The highest BCUT2D eigenvalue weighted by Gasteiger charge is 2.40. The number of carbonyl (C=O) groups is 2. The lowest BCUT2D eigenvalue weighted by Crippen LogP contribution is -2.42. The average molecular weight is 600 g/mol. The van der Waals surface area contributed by atoms with Crippen molar-refractivity contribution in [2.24, 2.45) is 0 Å². The van der Waals surface area contributed by atoms with Gasteiger partial charge in [0, 0.05) is 17.2 Å². The minimum absolute atomic E-state index is 0.154. The van der Waals surface area contributed by atoms with E-state index in [1.165, 1.54) is 11.8 Å². The summed E-state index contributed by atoms with van der Waals surface area (Å²) in [6.45, 7) is 8.48. The summed E-state index contributed by atoms with van der Waals surface area (Å²) in [7, 11) is 3.22. The van der Waals surface area contributed by atoms with Crippen LogP contribution in [0.1, 0.15) is 54.1 Å². The largest absolute Gasteiger partial charge is 0.493 e. The number of hydrogen-bond acceptors (Lipinski definition) is 7. The molecule has 0 radical (unpaired) electrons. The highest BCUT2D eigenvalue weighted by molar-refractivity contribution is 8.00. The van der Waals surface area contributed by atoms with Crippen molar-refractivity contribution in [3.05, 3.63) is 94.9 Å². The number of anilines is 1. The molecule has 0 saturated carbocycles. The molecule has 0 aliphatic carbocycles. The van der Waals surface area contributed by atoms with Gasteiger partial charge in [-0.25, -0.2) is 4.68 Å². The maximum atomic E-state index is 13.9. The Balaban J connectivity index is 1.67. The number of amides is 2. The van der Waals surface area contributed by atoms with Gasteiger partial charge >= 0.3 is 0 Å². The number of rotatable bonds is 8. The van der Waals surface area contributed by atoms with Crippen LogP contribution in [0.2, 0.25) is 0 Å². The van der Waals surface area contributed by atoms with E-state index in [2.05, 4.69) is 31.1 Å². The lowest BCUT2D eigenvalue weighted by atomic mass is 9.87. The van der Waals surface area contributed by atoms with Crippen molar-refractivity contribution in [3.63, 3.8) is 0 Å². The van der Waals surface area contributed by atoms with Crippen LogP contribution >= 0.6 is 11.8 Å². The molecule has 43 heavy (non-hydrogen) atoms. The van der Waals surface area contributed by atoms with E-state index in [-0.39, 0.29) is 41.3 Å². The molecule has 3 heterocycles. The van der Waals surface area contributed by atoms with Crippen molar-refractivity contribution in [2.75, 3.05) is 31.4 Å². The number of benzene rings is 2. The first-order valence-corrected chi connectivity index (χ1v) is 15.2. The van der Waals surface area contributed by atoms with Crippen LogP contribution in [0.25, 0.3) is 5.69 Å². The number of thioether (sulfide) groups is 1. The number of pyridine rings is 1. The average Bonchev–Trinajstić information content (AvgIpc) is 3.34. The molecule has 224 valence electrons. The van der Waals surface area contributed by atoms with Gasteiger partial charge in [-0.2, -0.15) is 5.10 Å². The Morgan fingerprint density at radius 3 is 2.51 bits per heavy atom. The lowest BCUT2D eigenvalue weighted by molar-refractivity contribution is -0.123. The number of methoxy groups -OCH3 is 2. The maximum Gasteiger partial charge on any atom is 0.240 e. The number of carbonyl (C=O) groups excluding carboxylic acids is 2. The Morgan fingerprint density at radius 1 is 1.05 bits per heavy atom. The van der Waals surface area contributed by atoms with Crippen LogP contribution in [0.4, 0.5) is 5.82 Å². The smallest absolute Gasteiger partial charge is 0.240 e. The van der Waals surface area contributed by atoms with E-state index >= 15 is 0 Å². The minimum atomic E-state index is -0.366. The molecule has 2 aromatic carbocycles. The molecule has 0 saturated heterocycles. The summed E-state index contributed by atoms with van der Waals surface area (Å²) in [5, 5.41) is 7.84. The molecule has 1 N–H and O–H groups in total. The van der Waals surface area contributed by atoms with Crippen LogP contribution in [0.15, 0.2) is 66.9 Å². The summed E-state index contributed by atoms with van der Waals surface area (Å²) >= 11 is 1.52. The SMILES string of the molecule is COc1ccc(C2SCC(=O)N(CC(=O)NCc3ccccn3)c3c2c(C(C)(C)C)nn3-c2cccc(C)c2)cc1OC. The summed E-state index contributed by atoms with van der Waals surface area (Å²) in [6.07, 6.45) is 1.69. The molecular weight excluding hydrogens is 562 g/mol. The molecule has 9 nitrogen and oxygen atoms in total. The van der Waals surface area contributed by atoms with Crippen molar-refractivity contribution in [1.82, 2.24) is 20.1 Å². The molecule has 1 atom stereocenters. The number of aryl methyl sites for hydroxylation is 1. The van der Waals surface area contributed by atoms with Crippen LogP contribution in [0.3, 0.4) is 0 Å². The molecule has 2 amide bonds. The first-order valence-electron chi connectivity index (χ1n) is 14.1. The number of fused-ring (bicyclic) bond motifs is 1. The third kappa shape index (κ3) is 6.39. The quantitative estimate of drug-likeness (QED) is 0.291. The molecule has 1 aliphatic rings. The van der Waals surface area contributed by atoms with Gasteiger partial charge in [-0.15, -0.1) is 11.8 Å². The highest BCUT2D eigenvalue weighted by atomic mass is 32.2. The summed E-state index contributed by atoms with van der Waals surface area (Å²) in [5.74, 6) is 1.55. The zero-order chi connectivity index (χ0) is 30.7. The van der Waals surface area contributed by atoms with Crippen LogP contribution in [-0.4, -0.2) is 53.1 Å². The Bertz CT molecular complexity index is 1630. The molecule has 10 heteroatoms. The van der Waals surface area contributed by atoms with E-state index < -0.39 is 0 Å². The summed E-state index contributed by atoms with van der Waals surface area (Å²) in [6, 6.07) is 19.4. The third-order valence-electron chi connectivity index (χ3n) is 7.25. The molecular formula is C33H37N5O4S. The van der Waals surface area contributed by atoms with Crippen LogP contribution < -0.4 is 19.7 Å². The van der Waals surface area contributed by atoms with Crippen molar-refractivity contribution in [1.29, 1.82) is 0 Å². The van der Waals surface area contributed by atoms with Crippen LogP contribution in [0, 0.1) is 6.92 Å². The number of aromatic nitrogens is 3. The topological polar surface area (TPSA) is 98.6 Å². The van der Waals surface area contributed by atoms with E-state index in [4.69, 9.17) is 14.6 Å². The lowest BCUT2D eigenvalue weighted by Gasteiger charge is -2.25. The van der Waals surface area contributed by atoms with Crippen molar-refractivity contribution in [2.45, 2.75) is 44.9 Å². The monoisotopic (exact) mass is 599 g/mol. The van der Waals surface area contributed by atoms with Gasteiger partial charge in [0.2, 0.25) is 11.8 Å². The predicted octanol–water partition coefficient (Wildman–Crippen LogP) is 5.38.